The van der Waals surface area contributed by atoms with E-state index in [1.807, 2.05) is 28.8 Å². The van der Waals surface area contributed by atoms with Gasteiger partial charge in [-0.1, -0.05) is 12.1 Å². The summed E-state index contributed by atoms with van der Waals surface area (Å²) in [4.78, 5) is 24.8. The number of amides is 1. The number of aryl methyl sites for hydroxylation is 1. The van der Waals surface area contributed by atoms with E-state index in [0.717, 1.165) is 11.0 Å². The largest absolute Gasteiger partial charge is 0.512 e. The first kappa shape index (κ1) is 14.4. The molecule has 0 unspecified atom stereocenters. The maximum Gasteiger partial charge on any atom is 0.231 e. The van der Waals surface area contributed by atoms with Crippen molar-refractivity contribution in [3.8, 4) is 0 Å². The minimum Gasteiger partial charge on any atom is -0.512 e. The number of hydrogen-bond acceptors (Lipinski definition) is 5. The van der Waals surface area contributed by atoms with Gasteiger partial charge in [-0.15, -0.1) is 0 Å². The van der Waals surface area contributed by atoms with Crippen LogP contribution in [0, 0.1) is 0 Å². The number of hydrogen-bond donors (Lipinski definition) is 2. The molecule has 0 saturated carbocycles. The van der Waals surface area contributed by atoms with Gasteiger partial charge in [-0.2, -0.15) is 0 Å². The predicted molar refractivity (Wildman–Crippen MR) is 89.2 cm³/mol. The van der Waals surface area contributed by atoms with Crippen LogP contribution in [0.1, 0.15) is 18.7 Å². The lowest BCUT2D eigenvalue weighted by Crippen LogP contribution is -2.18. The zero-order valence-corrected chi connectivity index (χ0v) is 12.8. The van der Waals surface area contributed by atoms with Crippen LogP contribution >= 0.6 is 0 Å². The lowest BCUT2D eigenvalue weighted by molar-refractivity contribution is -0.115. The van der Waals surface area contributed by atoms with Gasteiger partial charge in [-0.05, 0) is 18.2 Å². The molecule has 0 radical (unpaired) electrons. The van der Waals surface area contributed by atoms with E-state index in [-0.39, 0.29) is 24.0 Å². The quantitative estimate of drug-likeness (QED) is 0.773. The molecule has 2 N–H and O–H groups in total. The van der Waals surface area contributed by atoms with E-state index in [1.54, 1.807) is 18.5 Å². The second kappa shape index (κ2) is 5.77. The zero-order chi connectivity index (χ0) is 16.5. The molecule has 2 aromatic heterocycles. The Hall–Kier alpha value is -3.22. The minimum absolute atomic E-state index is 0.0212. The second-order valence-corrected chi connectivity index (χ2v) is 5.55. The third-order valence-corrected chi connectivity index (χ3v) is 4.00. The number of allylic oxidation sites excluding steroid dienone is 1. The monoisotopic (exact) mass is 321 g/mol. The summed E-state index contributed by atoms with van der Waals surface area (Å²) in [6, 6.07) is 9.46. The Bertz CT molecular complexity index is 946. The highest BCUT2D eigenvalue weighted by molar-refractivity contribution is 5.97. The molecular weight excluding hydrogens is 306 g/mol. The van der Waals surface area contributed by atoms with Gasteiger partial charge in [0.25, 0.3) is 0 Å². The average Bonchev–Trinajstić information content (AvgIpc) is 2.97. The topological polar surface area (TPSA) is 92.9 Å². The maximum atomic E-state index is 12.3. The van der Waals surface area contributed by atoms with E-state index in [4.69, 9.17) is 0 Å². The summed E-state index contributed by atoms with van der Waals surface area (Å²) in [7, 11) is 0. The van der Waals surface area contributed by atoms with Gasteiger partial charge >= 0.3 is 0 Å². The number of anilines is 1. The number of aliphatic hydroxyl groups is 1. The van der Waals surface area contributed by atoms with Crippen molar-refractivity contribution in [2.75, 3.05) is 5.32 Å². The lowest BCUT2D eigenvalue weighted by Gasteiger charge is -2.18. The first-order valence-electron chi connectivity index (χ1n) is 7.66. The number of carbonyl (C=O) groups excluding carboxylic acids is 1. The van der Waals surface area contributed by atoms with Crippen molar-refractivity contribution in [1.82, 2.24) is 19.5 Å². The van der Waals surface area contributed by atoms with Gasteiger partial charge in [-0.3, -0.25) is 10.1 Å². The van der Waals surface area contributed by atoms with E-state index in [2.05, 4.69) is 20.3 Å². The van der Waals surface area contributed by atoms with Crippen LogP contribution in [0.5, 0.6) is 0 Å². The summed E-state index contributed by atoms with van der Waals surface area (Å²) < 4.78 is 2.04. The summed E-state index contributed by atoms with van der Waals surface area (Å²) >= 11 is 0. The summed E-state index contributed by atoms with van der Waals surface area (Å²) in [5, 5.41) is 12.9. The minimum atomic E-state index is -0.289. The maximum absolute atomic E-state index is 12.3. The van der Waals surface area contributed by atoms with Crippen LogP contribution in [0.2, 0.25) is 0 Å². The van der Waals surface area contributed by atoms with Crippen molar-refractivity contribution in [2.24, 2.45) is 0 Å². The van der Waals surface area contributed by atoms with E-state index >= 15 is 0 Å². The molecule has 1 aliphatic rings. The molecule has 3 aromatic rings. The molecule has 1 aromatic carbocycles. The molecule has 0 atom stereocenters. The fourth-order valence-electron chi connectivity index (χ4n) is 2.90. The normalized spacial score (nSPS) is 13.8. The Morgan fingerprint density at radius 1 is 1.21 bits per heavy atom. The molecule has 0 fully saturated rings. The molecule has 7 nitrogen and oxygen atoms in total. The third kappa shape index (κ3) is 2.50. The summed E-state index contributed by atoms with van der Waals surface area (Å²) in [6.45, 7) is 0.647. The van der Waals surface area contributed by atoms with Crippen LogP contribution in [-0.2, 0) is 11.3 Å². The predicted octanol–water partition coefficient (Wildman–Crippen LogP) is 2.53. The van der Waals surface area contributed by atoms with Gasteiger partial charge in [0.15, 0.2) is 0 Å². The number of fused-ring (bicyclic) bond motifs is 3. The molecule has 4 rings (SSSR count). The smallest absolute Gasteiger partial charge is 0.231 e. The number of rotatable bonds is 3. The van der Waals surface area contributed by atoms with Crippen LogP contribution in [0.15, 0.2) is 48.5 Å². The highest BCUT2D eigenvalue weighted by atomic mass is 16.3. The van der Waals surface area contributed by atoms with Gasteiger partial charge in [0.2, 0.25) is 11.9 Å². The lowest BCUT2D eigenvalue weighted by atomic mass is 10.1. The number of aromatic nitrogens is 4. The second-order valence-electron chi connectivity index (χ2n) is 5.55. The molecule has 1 amide bonds. The number of imidazole rings is 1. The zero-order valence-electron chi connectivity index (χ0n) is 12.8. The van der Waals surface area contributed by atoms with Crippen LogP contribution in [0.4, 0.5) is 5.95 Å². The molecular formula is C17H15N5O2. The molecule has 3 heterocycles. The molecule has 24 heavy (non-hydrogen) atoms. The molecule has 0 aliphatic carbocycles. The first-order valence-corrected chi connectivity index (χ1v) is 7.66. The van der Waals surface area contributed by atoms with E-state index in [9.17, 15) is 9.90 Å². The van der Waals surface area contributed by atoms with Gasteiger partial charge in [0.1, 0.15) is 11.6 Å². The number of carbonyl (C=O) groups is 1. The Morgan fingerprint density at radius 3 is 2.83 bits per heavy atom. The molecule has 0 spiro atoms. The Balaban J connectivity index is 1.64. The van der Waals surface area contributed by atoms with Crippen LogP contribution in [0.25, 0.3) is 16.6 Å². The standard InChI is InChI=1S/C17H15N5O2/c23-14-6-9-22-13-5-2-1-4-12(13)20-16(22)11(14)10-15(24)21-17-18-7-3-8-19-17/h1-5,7-8,23H,6,9-10H2,(H,18,19,21,24). The number of nitrogens with zero attached hydrogens (tertiary/aromatic N) is 4. The highest BCUT2D eigenvalue weighted by Gasteiger charge is 2.24. The first-order chi connectivity index (χ1) is 11.7. The van der Waals surface area contributed by atoms with E-state index in [0.29, 0.717) is 24.4 Å². The van der Waals surface area contributed by atoms with Gasteiger partial charge in [-0.25, -0.2) is 15.0 Å². The Labute approximate surface area is 137 Å². The van der Waals surface area contributed by atoms with Crippen LogP contribution in [0.3, 0.4) is 0 Å². The van der Waals surface area contributed by atoms with Crippen molar-refractivity contribution >= 4 is 28.5 Å². The summed E-state index contributed by atoms with van der Waals surface area (Å²) in [5.74, 6) is 0.807. The van der Waals surface area contributed by atoms with Crippen LogP contribution < -0.4 is 5.32 Å². The van der Waals surface area contributed by atoms with Crippen LogP contribution in [-0.4, -0.2) is 30.5 Å². The molecule has 0 bridgehead atoms. The fourth-order valence-corrected chi connectivity index (χ4v) is 2.90. The third-order valence-electron chi connectivity index (χ3n) is 4.00. The molecule has 7 heteroatoms. The van der Waals surface area contributed by atoms with Crippen molar-refractivity contribution < 1.29 is 9.90 Å². The number of benzene rings is 1. The average molecular weight is 321 g/mol. The molecule has 1 aliphatic heterocycles. The van der Waals surface area contributed by atoms with Gasteiger partial charge in [0, 0.05) is 30.9 Å². The molecule has 0 saturated heterocycles. The Morgan fingerprint density at radius 2 is 2.00 bits per heavy atom. The van der Waals surface area contributed by atoms with Crippen molar-refractivity contribution in [3.63, 3.8) is 0 Å². The van der Waals surface area contributed by atoms with Crippen molar-refractivity contribution in [2.45, 2.75) is 19.4 Å². The number of aliphatic hydroxyl groups excluding tert-OH is 1. The van der Waals surface area contributed by atoms with Crippen molar-refractivity contribution in [3.05, 3.63) is 54.3 Å². The Kier molecular flexibility index (Phi) is 3.45. The van der Waals surface area contributed by atoms with E-state index < -0.39 is 0 Å². The summed E-state index contributed by atoms with van der Waals surface area (Å²) in [6.07, 6.45) is 3.62. The van der Waals surface area contributed by atoms with E-state index in [1.165, 1.54) is 0 Å². The molecule has 120 valence electrons. The van der Waals surface area contributed by atoms with Gasteiger partial charge < -0.3 is 9.67 Å². The van der Waals surface area contributed by atoms with Crippen molar-refractivity contribution in [1.29, 1.82) is 0 Å². The number of para-hydroxylation sites is 2. The number of nitrogens with one attached hydrogen (secondary N) is 1. The fraction of sp³-hybridized carbons (Fsp3) is 0.176. The highest BCUT2D eigenvalue weighted by Crippen LogP contribution is 2.31. The SMILES string of the molecule is O=C(CC1=C(O)CCn2c1nc1ccccc12)Nc1ncccn1. The summed E-state index contributed by atoms with van der Waals surface area (Å²) in [5.41, 5.74) is 2.40. The van der Waals surface area contributed by atoms with Gasteiger partial charge in [0.05, 0.1) is 17.5 Å².